The number of pyridine rings is 1. The Morgan fingerprint density at radius 3 is 2.37 bits per heavy atom. The summed E-state index contributed by atoms with van der Waals surface area (Å²) in [6, 6.07) is 21.5. The summed E-state index contributed by atoms with van der Waals surface area (Å²) in [7, 11) is 3.62. The van der Waals surface area contributed by atoms with E-state index in [0.29, 0.717) is 12.2 Å². The molecule has 0 aliphatic carbocycles. The maximum Gasteiger partial charge on any atom is 0.269 e. The first-order valence-corrected chi connectivity index (χ1v) is 8.83. The molecule has 0 saturated carbocycles. The number of amides is 1. The van der Waals surface area contributed by atoms with E-state index in [9.17, 15) is 4.79 Å². The molecular weight excluding hydrogens is 338 g/mol. The largest absolute Gasteiger partial charge is 0.497 e. The van der Waals surface area contributed by atoms with E-state index in [1.54, 1.807) is 19.4 Å². The van der Waals surface area contributed by atoms with Gasteiger partial charge in [-0.15, -0.1) is 0 Å². The van der Waals surface area contributed by atoms with Crippen molar-refractivity contribution in [3.05, 3.63) is 84.2 Å². The van der Waals surface area contributed by atoms with Crippen LogP contribution in [0.2, 0.25) is 0 Å². The molecule has 138 valence electrons. The van der Waals surface area contributed by atoms with Gasteiger partial charge in [0.1, 0.15) is 11.4 Å². The number of hydrogen-bond acceptors (Lipinski definition) is 4. The number of carbonyl (C=O) groups excluding carboxylic acids is 1. The zero-order chi connectivity index (χ0) is 19.1. The van der Waals surface area contributed by atoms with Crippen molar-refractivity contribution in [3.63, 3.8) is 0 Å². The van der Waals surface area contributed by atoms with Gasteiger partial charge in [0.25, 0.3) is 5.91 Å². The van der Waals surface area contributed by atoms with Gasteiger partial charge in [0.2, 0.25) is 0 Å². The smallest absolute Gasteiger partial charge is 0.269 e. The topological polar surface area (TPSA) is 54.5 Å². The van der Waals surface area contributed by atoms with Crippen LogP contribution in [0, 0.1) is 0 Å². The highest BCUT2D eigenvalue weighted by Crippen LogP contribution is 2.22. The van der Waals surface area contributed by atoms with Crippen LogP contribution in [0.25, 0.3) is 0 Å². The average molecular weight is 361 g/mol. The number of benzene rings is 2. The molecule has 1 amide bonds. The summed E-state index contributed by atoms with van der Waals surface area (Å²) in [6.45, 7) is 0.554. The van der Waals surface area contributed by atoms with E-state index in [2.05, 4.69) is 10.3 Å². The van der Waals surface area contributed by atoms with E-state index in [4.69, 9.17) is 4.74 Å². The highest BCUT2D eigenvalue weighted by atomic mass is 16.5. The summed E-state index contributed by atoms with van der Waals surface area (Å²) in [5.41, 5.74) is 3.55. The zero-order valence-corrected chi connectivity index (χ0v) is 15.6. The molecule has 27 heavy (non-hydrogen) atoms. The third-order valence-corrected chi connectivity index (χ3v) is 4.37. The molecule has 0 spiro atoms. The molecule has 0 bridgehead atoms. The lowest BCUT2D eigenvalue weighted by atomic mass is 10.1. The molecule has 0 aliphatic heterocycles. The number of methoxy groups -OCH3 is 1. The maximum absolute atomic E-state index is 12.3. The Morgan fingerprint density at radius 1 is 1.00 bits per heavy atom. The van der Waals surface area contributed by atoms with Gasteiger partial charge in [-0.05, 0) is 48.4 Å². The SMILES string of the molecule is COc1ccc(CCNC(=O)c2ccc(N(C)c3ccccc3)cn2)cc1. The standard InChI is InChI=1S/C22H23N3O2/c1-25(18-6-4-3-5-7-18)19-10-13-21(24-16-19)22(26)23-15-14-17-8-11-20(27-2)12-9-17/h3-13,16H,14-15H2,1-2H3,(H,23,26). The molecule has 3 rings (SSSR count). The number of carbonyl (C=O) groups is 1. The Morgan fingerprint density at radius 2 is 1.74 bits per heavy atom. The maximum atomic E-state index is 12.3. The fraction of sp³-hybridized carbons (Fsp3) is 0.182. The number of rotatable bonds is 7. The van der Waals surface area contributed by atoms with Crippen LogP contribution in [0.15, 0.2) is 72.9 Å². The highest BCUT2D eigenvalue weighted by Gasteiger charge is 2.09. The molecule has 2 aromatic carbocycles. The minimum Gasteiger partial charge on any atom is -0.497 e. The number of para-hydroxylation sites is 1. The Hall–Kier alpha value is -3.34. The normalized spacial score (nSPS) is 10.3. The number of ether oxygens (including phenoxy) is 1. The van der Waals surface area contributed by atoms with E-state index in [-0.39, 0.29) is 5.91 Å². The fourth-order valence-electron chi connectivity index (χ4n) is 2.72. The summed E-state index contributed by atoms with van der Waals surface area (Å²) < 4.78 is 5.14. The molecule has 0 atom stereocenters. The highest BCUT2D eigenvalue weighted by molar-refractivity contribution is 5.92. The van der Waals surface area contributed by atoms with E-state index >= 15 is 0 Å². The molecule has 5 heteroatoms. The third kappa shape index (κ3) is 4.85. The molecule has 1 aromatic heterocycles. The van der Waals surface area contributed by atoms with Crippen molar-refractivity contribution in [2.24, 2.45) is 0 Å². The van der Waals surface area contributed by atoms with Crippen LogP contribution in [0.1, 0.15) is 16.1 Å². The number of hydrogen-bond donors (Lipinski definition) is 1. The van der Waals surface area contributed by atoms with Gasteiger partial charge in [0.05, 0.1) is 19.0 Å². The van der Waals surface area contributed by atoms with Crippen molar-refractivity contribution in [1.29, 1.82) is 0 Å². The number of nitrogens with one attached hydrogen (secondary N) is 1. The van der Waals surface area contributed by atoms with Crippen LogP contribution in [-0.2, 0) is 6.42 Å². The lowest BCUT2D eigenvalue weighted by Crippen LogP contribution is -2.26. The first-order valence-electron chi connectivity index (χ1n) is 8.83. The van der Waals surface area contributed by atoms with Crippen LogP contribution < -0.4 is 15.0 Å². The molecule has 1 N–H and O–H groups in total. The minimum atomic E-state index is -0.169. The molecule has 0 unspecified atom stereocenters. The molecule has 0 aliphatic rings. The number of anilines is 2. The zero-order valence-electron chi connectivity index (χ0n) is 15.6. The van der Waals surface area contributed by atoms with E-state index < -0.39 is 0 Å². The molecule has 0 fully saturated rings. The summed E-state index contributed by atoms with van der Waals surface area (Å²) >= 11 is 0. The minimum absolute atomic E-state index is 0.169. The van der Waals surface area contributed by atoms with Gasteiger partial charge in [-0.3, -0.25) is 4.79 Å². The second-order valence-corrected chi connectivity index (χ2v) is 6.15. The van der Waals surface area contributed by atoms with Gasteiger partial charge in [-0.25, -0.2) is 4.98 Å². The molecule has 0 saturated heterocycles. The van der Waals surface area contributed by atoms with Crippen molar-refractivity contribution >= 4 is 17.3 Å². The van der Waals surface area contributed by atoms with Gasteiger partial charge in [0.15, 0.2) is 0 Å². The second-order valence-electron chi connectivity index (χ2n) is 6.15. The van der Waals surface area contributed by atoms with Crippen molar-refractivity contribution in [1.82, 2.24) is 10.3 Å². The van der Waals surface area contributed by atoms with Gasteiger partial charge in [-0.1, -0.05) is 30.3 Å². The number of nitrogens with zero attached hydrogens (tertiary/aromatic N) is 2. The predicted molar refractivity (Wildman–Crippen MR) is 108 cm³/mol. The predicted octanol–water partition coefficient (Wildman–Crippen LogP) is 3.83. The van der Waals surface area contributed by atoms with Crippen molar-refractivity contribution in [2.75, 3.05) is 25.6 Å². The van der Waals surface area contributed by atoms with Gasteiger partial charge < -0.3 is 15.0 Å². The molecule has 3 aromatic rings. The quantitative estimate of drug-likeness (QED) is 0.695. The van der Waals surface area contributed by atoms with Crippen LogP contribution >= 0.6 is 0 Å². The third-order valence-electron chi connectivity index (χ3n) is 4.37. The second kappa shape index (κ2) is 8.85. The molecular formula is C22H23N3O2. The lowest BCUT2D eigenvalue weighted by molar-refractivity contribution is 0.0949. The van der Waals surface area contributed by atoms with Crippen LogP contribution in [0.5, 0.6) is 5.75 Å². The monoisotopic (exact) mass is 361 g/mol. The van der Waals surface area contributed by atoms with Crippen LogP contribution in [0.3, 0.4) is 0 Å². The van der Waals surface area contributed by atoms with Crippen LogP contribution in [0.4, 0.5) is 11.4 Å². The lowest BCUT2D eigenvalue weighted by Gasteiger charge is -2.19. The molecule has 1 heterocycles. The van der Waals surface area contributed by atoms with E-state index in [1.807, 2.05) is 72.6 Å². The fourth-order valence-corrected chi connectivity index (χ4v) is 2.72. The Bertz CT molecular complexity index is 862. The summed E-state index contributed by atoms with van der Waals surface area (Å²) in [4.78, 5) is 18.6. The van der Waals surface area contributed by atoms with Crippen molar-refractivity contribution in [3.8, 4) is 5.75 Å². The summed E-state index contributed by atoms with van der Waals surface area (Å²) in [5, 5.41) is 2.91. The Labute approximate surface area is 159 Å². The average Bonchev–Trinajstić information content (AvgIpc) is 2.74. The molecule has 0 radical (unpaired) electrons. The van der Waals surface area contributed by atoms with Crippen molar-refractivity contribution in [2.45, 2.75) is 6.42 Å². The first-order chi connectivity index (χ1) is 13.2. The van der Waals surface area contributed by atoms with Crippen LogP contribution in [-0.4, -0.2) is 31.6 Å². The van der Waals surface area contributed by atoms with Gasteiger partial charge in [0, 0.05) is 19.3 Å². The Kier molecular flexibility index (Phi) is 6.05. The van der Waals surface area contributed by atoms with E-state index in [1.165, 1.54) is 0 Å². The van der Waals surface area contributed by atoms with Crippen molar-refractivity contribution < 1.29 is 9.53 Å². The number of aromatic nitrogens is 1. The Balaban J connectivity index is 1.54. The molecule has 5 nitrogen and oxygen atoms in total. The van der Waals surface area contributed by atoms with Gasteiger partial charge >= 0.3 is 0 Å². The summed E-state index contributed by atoms with van der Waals surface area (Å²) in [6.07, 6.45) is 2.47. The summed E-state index contributed by atoms with van der Waals surface area (Å²) in [5.74, 6) is 0.657. The first kappa shape index (κ1) is 18.5. The van der Waals surface area contributed by atoms with E-state index in [0.717, 1.165) is 29.1 Å². The van der Waals surface area contributed by atoms with Gasteiger partial charge in [-0.2, -0.15) is 0 Å².